The van der Waals surface area contributed by atoms with Crippen molar-refractivity contribution in [2.75, 3.05) is 49.0 Å². The van der Waals surface area contributed by atoms with Crippen LogP contribution in [-0.4, -0.2) is 65.2 Å². The Labute approximate surface area is 241 Å². The Kier molecular flexibility index (Phi) is 8.04. The standard InChI is InChI=1S/C30H29F4N3O4S/c1-20-5-3-6-23(15-20)42(39,40)37-18-22-17-35(19-29(38)41-2)13-14-36(22)27-12-10-21(16-28(27)37)9-11-24-25(30(32,33)34)7-4-8-26(24)31/h3-12,15-16,22H,13-14,17-19H2,1-2H3/b11-9+/t22-/m0/s1. The van der Waals surface area contributed by atoms with Gasteiger partial charge in [0.25, 0.3) is 10.0 Å². The van der Waals surface area contributed by atoms with Gasteiger partial charge in [0.2, 0.25) is 0 Å². The van der Waals surface area contributed by atoms with Gasteiger partial charge in [-0.15, -0.1) is 0 Å². The van der Waals surface area contributed by atoms with Crippen LogP contribution in [0.2, 0.25) is 0 Å². The molecule has 0 saturated carbocycles. The highest BCUT2D eigenvalue weighted by molar-refractivity contribution is 7.92. The molecule has 2 aliphatic rings. The minimum atomic E-state index is -4.75. The van der Waals surface area contributed by atoms with Crippen molar-refractivity contribution in [3.05, 3.63) is 88.7 Å². The molecular weight excluding hydrogens is 574 g/mol. The monoisotopic (exact) mass is 603 g/mol. The average Bonchev–Trinajstić information content (AvgIpc) is 2.95. The first kappa shape index (κ1) is 29.6. The molecule has 1 atom stereocenters. The number of ether oxygens (including phenoxy) is 1. The second-order valence-corrected chi connectivity index (χ2v) is 12.2. The highest BCUT2D eigenvalue weighted by atomic mass is 32.2. The molecule has 12 heteroatoms. The lowest BCUT2D eigenvalue weighted by Gasteiger charge is -2.49. The molecule has 3 aromatic carbocycles. The topological polar surface area (TPSA) is 70.2 Å². The molecule has 5 rings (SSSR count). The number of fused-ring (bicyclic) bond motifs is 3. The number of carbonyl (C=O) groups is 1. The number of sulfonamides is 1. The first-order valence-electron chi connectivity index (χ1n) is 13.2. The van der Waals surface area contributed by atoms with Crippen molar-refractivity contribution in [1.82, 2.24) is 4.90 Å². The van der Waals surface area contributed by atoms with E-state index in [1.807, 2.05) is 4.90 Å². The zero-order valence-electron chi connectivity index (χ0n) is 22.9. The Morgan fingerprint density at radius 1 is 1.00 bits per heavy atom. The highest BCUT2D eigenvalue weighted by Crippen LogP contribution is 2.41. The molecule has 2 aliphatic heterocycles. The van der Waals surface area contributed by atoms with Crippen LogP contribution in [-0.2, 0) is 25.7 Å². The Morgan fingerprint density at radius 2 is 1.76 bits per heavy atom. The maximum atomic E-state index is 14.4. The molecule has 42 heavy (non-hydrogen) atoms. The summed E-state index contributed by atoms with van der Waals surface area (Å²) in [5, 5.41) is 0. The van der Waals surface area contributed by atoms with E-state index < -0.39 is 33.1 Å². The quantitative estimate of drug-likeness (QED) is 0.219. The highest BCUT2D eigenvalue weighted by Gasteiger charge is 2.40. The smallest absolute Gasteiger partial charge is 0.417 e. The van der Waals surface area contributed by atoms with Gasteiger partial charge in [0, 0.05) is 25.2 Å². The summed E-state index contributed by atoms with van der Waals surface area (Å²) in [4.78, 5) is 16.0. The number of piperazine rings is 1. The van der Waals surface area contributed by atoms with Gasteiger partial charge in [0.1, 0.15) is 5.82 Å². The van der Waals surface area contributed by atoms with Gasteiger partial charge in [-0.2, -0.15) is 13.2 Å². The summed E-state index contributed by atoms with van der Waals surface area (Å²) < 4.78 is 89.1. The normalized spacial score (nSPS) is 17.7. The molecule has 0 bridgehead atoms. The third kappa shape index (κ3) is 5.86. The Bertz CT molecular complexity index is 1640. The van der Waals surface area contributed by atoms with Gasteiger partial charge in [0.05, 0.1) is 48.1 Å². The van der Waals surface area contributed by atoms with Crippen molar-refractivity contribution in [1.29, 1.82) is 0 Å². The Hall–Kier alpha value is -3.90. The molecule has 1 saturated heterocycles. The van der Waals surface area contributed by atoms with E-state index >= 15 is 0 Å². The number of rotatable bonds is 6. The van der Waals surface area contributed by atoms with Gasteiger partial charge < -0.3 is 9.64 Å². The zero-order valence-corrected chi connectivity index (χ0v) is 23.8. The van der Waals surface area contributed by atoms with Gasteiger partial charge in [-0.1, -0.05) is 36.4 Å². The van der Waals surface area contributed by atoms with Crippen molar-refractivity contribution in [3.8, 4) is 0 Å². The molecule has 0 unspecified atom stereocenters. The van der Waals surface area contributed by atoms with Crippen molar-refractivity contribution >= 4 is 39.5 Å². The fourth-order valence-electron chi connectivity index (χ4n) is 5.42. The molecule has 0 aromatic heterocycles. The minimum absolute atomic E-state index is 0.0814. The lowest BCUT2D eigenvalue weighted by molar-refractivity contribution is -0.142. The molecule has 7 nitrogen and oxygen atoms in total. The number of hydrogen-bond acceptors (Lipinski definition) is 6. The first-order chi connectivity index (χ1) is 19.9. The summed E-state index contributed by atoms with van der Waals surface area (Å²) in [5.41, 5.74) is 0.457. The van der Waals surface area contributed by atoms with Crippen molar-refractivity contribution < 1.29 is 35.5 Å². The first-order valence-corrected chi connectivity index (χ1v) is 14.7. The van der Waals surface area contributed by atoms with E-state index in [1.165, 1.54) is 23.6 Å². The Morgan fingerprint density at radius 3 is 2.48 bits per heavy atom. The van der Waals surface area contributed by atoms with E-state index in [2.05, 4.69) is 4.90 Å². The van der Waals surface area contributed by atoms with E-state index in [1.54, 1.807) is 43.3 Å². The molecule has 3 aromatic rings. The zero-order chi connectivity index (χ0) is 30.2. The average molecular weight is 604 g/mol. The maximum Gasteiger partial charge on any atom is 0.417 e. The summed E-state index contributed by atoms with van der Waals surface area (Å²) in [6.45, 7) is 3.44. The van der Waals surface area contributed by atoms with E-state index in [9.17, 15) is 30.8 Å². The van der Waals surface area contributed by atoms with E-state index in [-0.39, 0.29) is 30.0 Å². The van der Waals surface area contributed by atoms with E-state index in [0.29, 0.717) is 36.6 Å². The third-order valence-electron chi connectivity index (χ3n) is 7.48. The van der Waals surface area contributed by atoms with Crippen LogP contribution in [0.4, 0.5) is 28.9 Å². The molecule has 222 valence electrons. The SMILES string of the molecule is COC(=O)CN1CCN2c3ccc(/C=C/c4c(F)cccc4C(F)(F)F)cc3N(S(=O)(=O)c3cccc(C)c3)C[C@@H]2C1. The van der Waals surface area contributed by atoms with Crippen LogP contribution in [0, 0.1) is 12.7 Å². The number of esters is 1. The summed E-state index contributed by atoms with van der Waals surface area (Å²) in [6, 6.07) is 14.0. The fraction of sp³-hybridized carbons (Fsp3) is 0.300. The molecule has 0 spiro atoms. The van der Waals surface area contributed by atoms with Crippen molar-refractivity contribution in [2.24, 2.45) is 0 Å². The third-order valence-corrected chi connectivity index (χ3v) is 9.26. The van der Waals surface area contributed by atoms with Crippen molar-refractivity contribution in [3.63, 3.8) is 0 Å². The van der Waals surface area contributed by atoms with Crippen LogP contribution in [0.5, 0.6) is 0 Å². The molecule has 2 heterocycles. The van der Waals surface area contributed by atoms with Crippen LogP contribution >= 0.6 is 0 Å². The molecule has 0 N–H and O–H groups in total. The largest absolute Gasteiger partial charge is 0.468 e. The molecule has 1 fully saturated rings. The number of anilines is 2. The summed E-state index contributed by atoms with van der Waals surface area (Å²) >= 11 is 0. The second kappa shape index (κ2) is 11.4. The predicted octanol–water partition coefficient (Wildman–Crippen LogP) is 5.20. The lowest BCUT2D eigenvalue weighted by atomic mass is 10.0. The lowest BCUT2D eigenvalue weighted by Crippen LogP contribution is -2.61. The number of nitrogens with zero attached hydrogens (tertiary/aromatic N) is 3. The number of benzene rings is 3. The number of alkyl halides is 3. The minimum Gasteiger partial charge on any atom is -0.468 e. The number of hydrogen-bond donors (Lipinski definition) is 0. The summed E-state index contributed by atoms with van der Waals surface area (Å²) in [5.74, 6) is -1.40. The van der Waals surface area contributed by atoms with Gasteiger partial charge >= 0.3 is 12.1 Å². The maximum absolute atomic E-state index is 14.4. The van der Waals surface area contributed by atoms with E-state index in [0.717, 1.165) is 29.8 Å². The van der Waals surface area contributed by atoms with Gasteiger partial charge in [-0.05, 0) is 54.4 Å². The molecule has 0 amide bonds. The number of halogens is 4. The van der Waals surface area contributed by atoms with Crippen LogP contribution in [0.3, 0.4) is 0 Å². The number of methoxy groups -OCH3 is 1. The van der Waals surface area contributed by atoms with Crippen molar-refractivity contribution in [2.45, 2.75) is 24.0 Å². The fourth-order valence-corrected chi connectivity index (χ4v) is 7.04. The second-order valence-electron chi connectivity index (χ2n) is 10.3. The van der Waals surface area contributed by atoms with Crippen LogP contribution in [0.1, 0.15) is 22.3 Å². The molecule has 0 aliphatic carbocycles. The van der Waals surface area contributed by atoms with Crippen LogP contribution in [0.15, 0.2) is 65.6 Å². The number of carbonyl (C=O) groups excluding carboxylic acids is 1. The van der Waals surface area contributed by atoms with Gasteiger partial charge in [-0.25, -0.2) is 12.8 Å². The van der Waals surface area contributed by atoms with Crippen LogP contribution < -0.4 is 9.21 Å². The van der Waals surface area contributed by atoms with Gasteiger partial charge in [0.15, 0.2) is 0 Å². The number of aryl methyl sites for hydroxylation is 1. The molecular formula is C30H29F4N3O4S. The Balaban J connectivity index is 1.56. The predicted molar refractivity (Wildman–Crippen MR) is 152 cm³/mol. The summed E-state index contributed by atoms with van der Waals surface area (Å²) in [7, 11) is -2.73. The van der Waals surface area contributed by atoms with Gasteiger partial charge in [-0.3, -0.25) is 14.0 Å². The van der Waals surface area contributed by atoms with E-state index in [4.69, 9.17) is 4.74 Å². The van der Waals surface area contributed by atoms with Crippen LogP contribution in [0.25, 0.3) is 12.2 Å². The summed E-state index contributed by atoms with van der Waals surface area (Å²) in [6.07, 6.45) is -2.36. The molecule has 0 radical (unpaired) electrons.